The van der Waals surface area contributed by atoms with Crippen molar-refractivity contribution in [2.24, 2.45) is 0 Å². The van der Waals surface area contributed by atoms with E-state index in [0.29, 0.717) is 0 Å². The van der Waals surface area contributed by atoms with Crippen molar-refractivity contribution in [1.82, 2.24) is 10.2 Å². The summed E-state index contributed by atoms with van der Waals surface area (Å²) in [6.45, 7) is 2.55. The molecule has 2 aliphatic heterocycles. The van der Waals surface area contributed by atoms with E-state index in [1.54, 1.807) is 0 Å². The Labute approximate surface area is 84.3 Å². The molecule has 1 amide bonds. The van der Waals surface area contributed by atoms with Crippen LogP contribution in [0.25, 0.3) is 0 Å². The van der Waals surface area contributed by atoms with Crippen molar-refractivity contribution in [2.75, 3.05) is 19.6 Å². The van der Waals surface area contributed by atoms with Gasteiger partial charge in [0, 0.05) is 19.6 Å². The van der Waals surface area contributed by atoms with Crippen LogP contribution in [0.1, 0.15) is 25.7 Å². The zero-order valence-corrected chi connectivity index (χ0v) is 8.41. The zero-order valence-electron chi connectivity index (χ0n) is 8.41. The van der Waals surface area contributed by atoms with Crippen molar-refractivity contribution in [3.63, 3.8) is 0 Å². The minimum Gasteiger partial charge on any atom is -0.393 e. The van der Waals surface area contributed by atoms with Crippen LogP contribution in [0, 0.1) is 0 Å². The Balaban J connectivity index is 1.90. The third-order valence-electron chi connectivity index (χ3n) is 3.20. The van der Waals surface area contributed by atoms with Crippen LogP contribution in [0.2, 0.25) is 0 Å². The highest BCUT2D eigenvalue weighted by molar-refractivity contribution is 5.82. The van der Waals surface area contributed by atoms with E-state index in [-0.39, 0.29) is 18.1 Å². The molecule has 1 unspecified atom stereocenters. The van der Waals surface area contributed by atoms with Gasteiger partial charge < -0.3 is 10.4 Å². The molecule has 2 fully saturated rings. The first-order valence-electron chi connectivity index (χ1n) is 5.47. The second-order valence-electron chi connectivity index (χ2n) is 4.22. The smallest absolute Gasteiger partial charge is 0.237 e. The molecule has 4 heteroatoms. The fourth-order valence-corrected chi connectivity index (χ4v) is 2.30. The first kappa shape index (κ1) is 9.93. The first-order valence-corrected chi connectivity index (χ1v) is 5.47. The second-order valence-corrected chi connectivity index (χ2v) is 4.22. The Morgan fingerprint density at radius 3 is 2.64 bits per heavy atom. The summed E-state index contributed by atoms with van der Waals surface area (Å²) in [4.78, 5) is 13.8. The Bertz CT molecular complexity index is 212. The van der Waals surface area contributed by atoms with E-state index < -0.39 is 0 Å². The molecule has 2 saturated heterocycles. The van der Waals surface area contributed by atoms with Crippen LogP contribution in [0.15, 0.2) is 0 Å². The number of aliphatic hydroxyl groups is 1. The predicted octanol–water partition coefficient (Wildman–Crippen LogP) is -0.278. The van der Waals surface area contributed by atoms with Crippen molar-refractivity contribution in [3.05, 3.63) is 0 Å². The summed E-state index contributed by atoms with van der Waals surface area (Å²) < 4.78 is 0. The van der Waals surface area contributed by atoms with Gasteiger partial charge in [-0.25, -0.2) is 0 Å². The van der Waals surface area contributed by atoms with Gasteiger partial charge in [0.15, 0.2) is 0 Å². The van der Waals surface area contributed by atoms with Gasteiger partial charge in [0.25, 0.3) is 0 Å². The summed E-state index contributed by atoms with van der Waals surface area (Å²) in [5.74, 6) is 0.174. The number of likely N-dealkylation sites (tertiary alicyclic amines) is 1. The van der Waals surface area contributed by atoms with Crippen molar-refractivity contribution < 1.29 is 9.90 Å². The third-order valence-corrected chi connectivity index (χ3v) is 3.20. The van der Waals surface area contributed by atoms with Gasteiger partial charge in [-0.15, -0.1) is 0 Å². The van der Waals surface area contributed by atoms with Crippen LogP contribution < -0.4 is 5.32 Å². The SMILES string of the molecule is O=C1NCCCC1N1CCC(O)CC1. The number of piperidine rings is 2. The van der Waals surface area contributed by atoms with Gasteiger partial charge in [0.1, 0.15) is 0 Å². The number of hydrogen-bond donors (Lipinski definition) is 2. The van der Waals surface area contributed by atoms with E-state index in [1.807, 2.05) is 0 Å². The average molecular weight is 198 g/mol. The van der Waals surface area contributed by atoms with E-state index in [9.17, 15) is 9.90 Å². The molecule has 4 nitrogen and oxygen atoms in total. The summed E-state index contributed by atoms with van der Waals surface area (Å²) >= 11 is 0. The summed E-state index contributed by atoms with van der Waals surface area (Å²) in [6.07, 6.45) is 3.52. The van der Waals surface area contributed by atoms with E-state index >= 15 is 0 Å². The number of nitrogens with one attached hydrogen (secondary N) is 1. The van der Waals surface area contributed by atoms with Gasteiger partial charge in [-0.3, -0.25) is 9.69 Å². The maximum Gasteiger partial charge on any atom is 0.237 e. The average Bonchev–Trinajstić information content (AvgIpc) is 2.20. The molecule has 0 aromatic carbocycles. The molecule has 0 spiro atoms. The maximum absolute atomic E-state index is 11.6. The quantitative estimate of drug-likeness (QED) is 0.609. The molecule has 2 heterocycles. The van der Waals surface area contributed by atoms with Gasteiger partial charge in [0.05, 0.1) is 12.1 Å². The van der Waals surface area contributed by atoms with Crippen LogP contribution in [-0.2, 0) is 4.79 Å². The Morgan fingerprint density at radius 1 is 1.29 bits per heavy atom. The van der Waals surface area contributed by atoms with E-state index in [2.05, 4.69) is 10.2 Å². The largest absolute Gasteiger partial charge is 0.393 e. The van der Waals surface area contributed by atoms with E-state index in [4.69, 9.17) is 0 Å². The molecule has 0 aromatic rings. The number of nitrogens with zero attached hydrogens (tertiary/aromatic N) is 1. The van der Waals surface area contributed by atoms with Crippen LogP contribution >= 0.6 is 0 Å². The standard InChI is InChI=1S/C10H18N2O2/c13-8-3-6-12(7-4-8)9-2-1-5-11-10(9)14/h8-9,13H,1-7H2,(H,11,14). The van der Waals surface area contributed by atoms with Crippen LogP contribution in [0.5, 0.6) is 0 Å². The van der Waals surface area contributed by atoms with Crippen molar-refractivity contribution in [3.8, 4) is 0 Å². The Kier molecular flexibility index (Phi) is 3.03. The molecule has 2 N–H and O–H groups in total. The zero-order chi connectivity index (χ0) is 9.97. The van der Waals surface area contributed by atoms with Gasteiger partial charge in [-0.05, 0) is 25.7 Å². The lowest BCUT2D eigenvalue weighted by molar-refractivity contribution is -0.129. The minimum absolute atomic E-state index is 0.0660. The van der Waals surface area contributed by atoms with Gasteiger partial charge in [-0.2, -0.15) is 0 Å². The summed E-state index contributed by atoms with van der Waals surface area (Å²) in [6, 6.07) is 0.0660. The molecule has 2 rings (SSSR count). The molecule has 0 bridgehead atoms. The normalized spacial score (nSPS) is 31.5. The lowest BCUT2D eigenvalue weighted by Crippen LogP contribution is -2.53. The topological polar surface area (TPSA) is 52.6 Å². The summed E-state index contributed by atoms with van der Waals surface area (Å²) in [5.41, 5.74) is 0. The fraction of sp³-hybridized carbons (Fsp3) is 0.900. The molecular formula is C10H18N2O2. The van der Waals surface area contributed by atoms with Crippen LogP contribution in [-0.4, -0.2) is 47.7 Å². The van der Waals surface area contributed by atoms with Gasteiger partial charge >= 0.3 is 0 Å². The lowest BCUT2D eigenvalue weighted by atomic mass is 10.0. The van der Waals surface area contributed by atoms with Crippen LogP contribution in [0.4, 0.5) is 0 Å². The Hall–Kier alpha value is -0.610. The highest BCUT2D eigenvalue weighted by Gasteiger charge is 2.30. The maximum atomic E-state index is 11.6. The van der Waals surface area contributed by atoms with Crippen molar-refractivity contribution >= 4 is 5.91 Å². The number of carbonyl (C=O) groups excluding carboxylic acids is 1. The van der Waals surface area contributed by atoms with Crippen LogP contribution in [0.3, 0.4) is 0 Å². The molecule has 1 atom stereocenters. The first-order chi connectivity index (χ1) is 6.77. The summed E-state index contributed by atoms with van der Waals surface area (Å²) in [7, 11) is 0. The van der Waals surface area contributed by atoms with Crippen molar-refractivity contribution in [1.29, 1.82) is 0 Å². The van der Waals surface area contributed by atoms with E-state index in [0.717, 1.165) is 45.3 Å². The predicted molar refractivity (Wildman–Crippen MR) is 52.8 cm³/mol. The number of hydrogen-bond acceptors (Lipinski definition) is 3. The molecule has 0 radical (unpaired) electrons. The number of amides is 1. The number of rotatable bonds is 1. The monoisotopic (exact) mass is 198 g/mol. The third kappa shape index (κ3) is 2.07. The van der Waals surface area contributed by atoms with Crippen molar-refractivity contribution in [2.45, 2.75) is 37.8 Å². The highest BCUT2D eigenvalue weighted by Crippen LogP contribution is 2.17. The lowest BCUT2D eigenvalue weighted by Gasteiger charge is -2.37. The molecule has 0 saturated carbocycles. The molecule has 14 heavy (non-hydrogen) atoms. The fourth-order valence-electron chi connectivity index (χ4n) is 2.30. The molecule has 80 valence electrons. The molecule has 0 aromatic heterocycles. The number of aliphatic hydroxyl groups excluding tert-OH is 1. The highest BCUT2D eigenvalue weighted by atomic mass is 16.3. The summed E-state index contributed by atoms with van der Waals surface area (Å²) in [5, 5.41) is 12.3. The molecule has 2 aliphatic rings. The molecular weight excluding hydrogens is 180 g/mol. The number of carbonyl (C=O) groups is 1. The van der Waals surface area contributed by atoms with Gasteiger partial charge in [0.2, 0.25) is 5.91 Å². The van der Waals surface area contributed by atoms with Gasteiger partial charge in [-0.1, -0.05) is 0 Å². The second kappa shape index (κ2) is 4.28. The minimum atomic E-state index is -0.155. The van der Waals surface area contributed by atoms with E-state index in [1.165, 1.54) is 0 Å². The Morgan fingerprint density at radius 2 is 2.00 bits per heavy atom. The molecule has 0 aliphatic carbocycles.